The van der Waals surface area contributed by atoms with Gasteiger partial charge in [0.1, 0.15) is 12.1 Å². The normalized spacial score (nSPS) is 24.5. The fraction of sp³-hybridized carbons (Fsp3) is 0.407. The maximum Gasteiger partial charge on any atom is 0.324 e. The van der Waals surface area contributed by atoms with Crippen molar-refractivity contribution < 1.29 is 28.0 Å². The maximum atomic E-state index is 13.9. The van der Waals surface area contributed by atoms with E-state index in [0.717, 1.165) is 23.3 Å². The number of urea groups is 1. The lowest BCUT2D eigenvalue weighted by molar-refractivity contribution is -0.150. The van der Waals surface area contributed by atoms with Crippen molar-refractivity contribution in [2.75, 3.05) is 18.9 Å². The fourth-order valence-electron chi connectivity index (χ4n) is 5.67. The van der Waals surface area contributed by atoms with Crippen LogP contribution in [0.4, 0.5) is 19.3 Å². The van der Waals surface area contributed by atoms with Crippen molar-refractivity contribution in [2.45, 2.75) is 51.1 Å². The number of fused-ring (bicyclic) bond motifs is 1. The molecule has 0 aromatic heterocycles. The highest BCUT2D eigenvalue weighted by molar-refractivity contribution is 6.07. The van der Waals surface area contributed by atoms with Crippen molar-refractivity contribution in [3.63, 3.8) is 0 Å². The molecule has 194 valence electrons. The van der Waals surface area contributed by atoms with Crippen molar-refractivity contribution in [3.8, 4) is 0 Å². The van der Waals surface area contributed by atoms with Gasteiger partial charge in [-0.3, -0.25) is 19.7 Å². The molecule has 2 saturated heterocycles. The second kappa shape index (κ2) is 8.64. The zero-order valence-electron chi connectivity index (χ0n) is 20.9. The molecule has 1 spiro atoms. The second-order valence-corrected chi connectivity index (χ2v) is 10.8. The number of piperidine rings is 1. The van der Waals surface area contributed by atoms with Gasteiger partial charge >= 0.3 is 6.03 Å². The minimum absolute atomic E-state index is 0.237. The van der Waals surface area contributed by atoms with E-state index in [1.807, 2.05) is 6.07 Å². The molecule has 0 saturated carbocycles. The lowest BCUT2D eigenvalue weighted by Gasteiger charge is -2.43. The molecule has 5 amide bonds. The highest BCUT2D eigenvalue weighted by Gasteiger charge is 2.54. The van der Waals surface area contributed by atoms with Crippen LogP contribution in [0.25, 0.3) is 0 Å². The number of nitrogens with zero attached hydrogens (tertiary/aromatic N) is 2. The van der Waals surface area contributed by atoms with Crippen molar-refractivity contribution in [1.82, 2.24) is 15.1 Å². The van der Waals surface area contributed by atoms with Crippen LogP contribution < -0.4 is 10.6 Å². The third-order valence-electron chi connectivity index (χ3n) is 7.95. The minimum Gasteiger partial charge on any atom is -0.326 e. The smallest absolute Gasteiger partial charge is 0.324 e. The molecule has 0 bridgehead atoms. The molecule has 2 aromatic rings. The van der Waals surface area contributed by atoms with Gasteiger partial charge in [0.2, 0.25) is 11.8 Å². The van der Waals surface area contributed by atoms with Gasteiger partial charge in [-0.15, -0.1) is 0 Å². The van der Waals surface area contributed by atoms with Crippen LogP contribution in [0.5, 0.6) is 0 Å². The number of amides is 5. The van der Waals surface area contributed by atoms with Gasteiger partial charge in [-0.05, 0) is 53.8 Å². The Morgan fingerprint density at radius 1 is 1.05 bits per heavy atom. The number of rotatable bonds is 4. The Balaban J connectivity index is 1.34. The molecular formula is C27H28F2N4O4. The molecule has 2 fully saturated rings. The number of likely N-dealkylation sites (tertiary alicyclic amines) is 1. The first-order chi connectivity index (χ1) is 17.4. The van der Waals surface area contributed by atoms with E-state index >= 15 is 0 Å². The lowest BCUT2D eigenvalue weighted by atomic mass is 9.78. The minimum atomic E-state index is -1.00. The van der Waals surface area contributed by atoms with Gasteiger partial charge in [0.15, 0.2) is 11.6 Å². The molecule has 5 rings (SSSR count). The van der Waals surface area contributed by atoms with E-state index in [9.17, 15) is 28.0 Å². The summed E-state index contributed by atoms with van der Waals surface area (Å²) in [5.41, 5.74) is 1.05. The van der Waals surface area contributed by atoms with E-state index in [0.29, 0.717) is 36.9 Å². The number of nitrogens with one attached hydrogen (secondary N) is 2. The molecule has 0 radical (unpaired) electrons. The summed E-state index contributed by atoms with van der Waals surface area (Å²) in [6, 6.07) is 7.87. The number of carbonyl (C=O) groups excluding carboxylic acids is 4. The standard InChI is InChI=1S/C27H28F2N4O4/c1-26(2)9-8-21(15-5-7-19(28)20(29)11-15)33(24(26)36)14-22(34)30-18-6-4-16-12-27(13-17(16)10-18)23(35)31-25(37)32(27)3/h4-7,10-11,21H,8-9,12-14H2,1-3H3,(H,30,34)(H,31,35,37). The molecule has 2 aromatic carbocycles. The fourth-order valence-corrected chi connectivity index (χ4v) is 5.67. The van der Waals surface area contributed by atoms with Gasteiger partial charge in [0.05, 0.1) is 6.04 Å². The number of hydrogen-bond donors (Lipinski definition) is 2. The number of imide groups is 1. The molecule has 2 aliphatic heterocycles. The Morgan fingerprint density at radius 3 is 2.46 bits per heavy atom. The molecule has 2 heterocycles. The molecule has 10 heteroatoms. The van der Waals surface area contributed by atoms with Crippen LogP contribution in [0, 0.1) is 17.0 Å². The lowest BCUT2D eigenvalue weighted by Crippen LogP contribution is -2.50. The number of halogens is 2. The van der Waals surface area contributed by atoms with E-state index in [1.54, 1.807) is 33.0 Å². The zero-order valence-corrected chi connectivity index (χ0v) is 20.9. The van der Waals surface area contributed by atoms with Gasteiger partial charge in [-0.2, -0.15) is 0 Å². The van der Waals surface area contributed by atoms with Crippen LogP contribution >= 0.6 is 0 Å². The molecule has 2 unspecified atom stereocenters. The molecule has 3 aliphatic rings. The van der Waals surface area contributed by atoms with Gasteiger partial charge in [-0.25, -0.2) is 13.6 Å². The van der Waals surface area contributed by atoms with Crippen LogP contribution in [-0.4, -0.2) is 52.7 Å². The quantitative estimate of drug-likeness (QED) is 0.617. The van der Waals surface area contributed by atoms with Gasteiger partial charge in [-0.1, -0.05) is 26.0 Å². The van der Waals surface area contributed by atoms with Crippen LogP contribution in [0.1, 0.15) is 49.4 Å². The van der Waals surface area contributed by atoms with Gasteiger partial charge in [0.25, 0.3) is 5.91 Å². The Bertz CT molecular complexity index is 1340. The van der Waals surface area contributed by atoms with Gasteiger partial charge in [0, 0.05) is 31.0 Å². The van der Waals surface area contributed by atoms with E-state index in [1.165, 1.54) is 15.9 Å². The molecule has 37 heavy (non-hydrogen) atoms. The van der Waals surface area contributed by atoms with Crippen molar-refractivity contribution in [1.29, 1.82) is 0 Å². The predicted molar refractivity (Wildman–Crippen MR) is 130 cm³/mol. The molecule has 8 nitrogen and oxygen atoms in total. The zero-order chi connectivity index (χ0) is 26.7. The molecule has 2 atom stereocenters. The van der Waals surface area contributed by atoms with Crippen molar-refractivity contribution in [2.24, 2.45) is 5.41 Å². The van der Waals surface area contributed by atoms with Crippen molar-refractivity contribution in [3.05, 3.63) is 64.7 Å². The van der Waals surface area contributed by atoms with E-state index in [-0.39, 0.29) is 18.4 Å². The molecule has 1 aliphatic carbocycles. The number of carbonyl (C=O) groups is 4. The maximum absolute atomic E-state index is 13.9. The molecule has 2 N–H and O–H groups in total. The van der Waals surface area contributed by atoms with Gasteiger partial charge < -0.3 is 15.1 Å². The second-order valence-electron chi connectivity index (χ2n) is 10.8. The van der Waals surface area contributed by atoms with Crippen LogP contribution in [0.3, 0.4) is 0 Å². The highest BCUT2D eigenvalue weighted by atomic mass is 19.2. The van der Waals surface area contributed by atoms with E-state index in [4.69, 9.17) is 0 Å². The summed E-state index contributed by atoms with van der Waals surface area (Å²) < 4.78 is 27.5. The number of likely N-dealkylation sites (N-methyl/N-ethyl adjacent to an activating group) is 1. The topological polar surface area (TPSA) is 98.8 Å². The Hall–Kier alpha value is -3.82. The predicted octanol–water partition coefficient (Wildman–Crippen LogP) is 3.31. The average molecular weight is 511 g/mol. The van der Waals surface area contributed by atoms with Crippen molar-refractivity contribution >= 4 is 29.4 Å². The molecular weight excluding hydrogens is 482 g/mol. The van der Waals surface area contributed by atoms with Crippen LogP contribution in [-0.2, 0) is 27.2 Å². The summed E-state index contributed by atoms with van der Waals surface area (Å²) in [6.07, 6.45) is 1.77. The first-order valence-corrected chi connectivity index (χ1v) is 12.2. The average Bonchev–Trinajstić information content (AvgIpc) is 3.32. The van der Waals surface area contributed by atoms with E-state index in [2.05, 4.69) is 10.6 Å². The Morgan fingerprint density at radius 2 is 1.78 bits per heavy atom. The first-order valence-electron chi connectivity index (χ1n) is 12.2. The Labute approximate surface area is 213 Å². The number of anilines is 1. The number of benzene rings is 2. The summed E-state index contributed by atoms with van der Waals surface area (Å²) >= 11 is 0. The first kappa shape index (κ1) is 24.9. The Kier molecular flexibility index (Phi) is 5.80. The third-order valence-corrected chi connectivity index (χ3v) is 7.95. The monoisotopic (exact) mass is 510 g/mol. The summed E-state index contributed by atoms with van der Waals surface area (Å²) in [5.74, 6) is -2.98. The van der Waals surface area contributed by atoms with E-state index < -0.39 is 40.6 Å². The summed E-state index contributed by atoms with van der Waals surface area (Å²) in [4.78, 5) is 53.7. The number of hydrogen-bond acceptors (Lipinski definition) is 4. The highest BCUT2D eigenvalue weighted by Crippen LogP contribution is 2.41. The van der Waals surface area contributed by atoms with Crippen LogP contribution in [0.2, 0.25) is 0 Å². The third kappa shape index (κ3) is 4.14. The summed E-state index contributed by atoms with van der Waals surface area (Å²) in [6.45, 7) is 3.35. The summed E-state index contributed by atoms with van der Waals surface area (Å²) in [5, 5.41) is 5.18. The SMILES string of the molecule is CN1C(=O)NC(=O)C12Cc1ccc(NC(=O)CN3C(=O)C(C)(C)CCC3c3ccc(F)c(F)c3)cc1C2. The summed E-state index contributed by atoms with van der Waals surface area (Å²) in [7, 11) is 1.59. The largest absolute Gasteiger partial charge is 0.326 e. The van der Waals surface area contributed by atoms with Crippen LogP contribution in [0.15, 0.2) is 36.4 Å².